The first-order chi connectivity index (χ1) is 20.4. The number of alkyl halides is 1. The van der Waals surface area contributed by atoms with Gasteiger partial charge in [-0.25, -0.2) is 14.6 Å². The van der Waals surface area contributed by atoms with Crippen LogP contribution < -0.4 is 16.1 Å². The maximum absolute atomic E-state index is 14.9. The number of rotatable bonds is 1. The number of benzene rings is 1. The van der Waals surface area contributed by atoms with Crippen molar-refractivity contribution in [3.05, 3.63) is 47.7 Å². The molecule has 4 unspecified atom stereocenters. The van der Waals surface area contributed by atoms with E-state index in [2.05, 4.69) is 16.1 Å². The second-order valence-corrected chi connectivity index (χ2v) is 11.1. The number of ether oxygens (including phenoxy) is 3. The summed E-state index contributed by atoms with van der Waals surface area (Å²) in [6.45, 7) is 5.11. The average Bonchev–Trinajstić information content (AvgIpc) is 2.97. The Labute approximate surface area is 249 Å². The smallest absolute Gasteiger partial charge is 0.333 e. The molecule has 3 amide bonds. The van der Waals surface area contributed by atoms with Crippen molar-refractivity contribution in [2.75, 3.05) is 26.6 Å². The van der Waals surface area contributed by atoms with Crippen LogP contribution in [0.1, 0.15) is 57.8 Å². The van der Waals surface area contributed by atoms with Gasteiger partial charge in [0.15, 0.2) is 5.67 Å². The van der Waals surface area contributed by atoms with E-state index in [1.54, 1.807) is 6.08 Å². The Morgan fingerprint density at radius 3 is 2.51 bits per heavy atom. The number of cyclic esters (lactones) is 1. The quantitative estimate of drug-likeness (QED) is 0.419. The molecule has 2 aromatic rings. The average molecular weight is 600 g/mol. The van der Waals surface area contributed by atoms with Gasteiger partial charge >= 0.3 is 5.97 Å². The van der Waals surface area contributed by atoms with Gasteiger partial charge in [0.25, 0.3) is 11.8 Å². The van der Waals surface area contributed by atoms with Crippen molar-refractivity contribution in [2.24, 2.45) is 0 Å². The summed E-state index contributed by atoms with van der Waals surface area (Å²) < 4.78 is 30.5. The highest BCUT2D eigenvalue weighted by molar-refractivity contribution is 5.91. The Morgan fingerprint density at radius 1 is 1.00 bits per heavy atom. The Balaban J connectivity index is 1.55. The summed E-state index contributed by atoms with van der Waals surface area (Å²) in [5, 5.41) is 7.60. The Morgan fingerprint density at radius 2 is 1.74 bits per heavy atom. The molecule has 0 saturated carbocycles. The lowest BCUT2D eigenvalue weighted by atomic mass is 10.0. The lowest BCUT2D eigenvalue weighted by molar-refractivity contribution is -0.172. The number of amides is 3. The summed E-state index contributed by atoms with van der Waals surface area (Å²) >= 11 is 0. The van der Waals surface area contributed by atoms with Crippen LogP contribution in [0, 0.1) is 0 Å². The van der Waals surface area contributed by atoms with E-state index in [1.807, 2.05) is 43.3 Å². The molecule has 4 atom stereocenters. The Hall–Kier alpha value is -3.94. The lowest BCUT2D eigenvalue weighted by Gasteiger charge is -2.35. The van der Waals surface area contributed by atoms with Crippen molar-refractivity contribution in [1.29, 1.82) is 0 Å². The maximum atomic E-state index is 14.9. The summed E-state index contributed by atoms with van der Waals surface area (Å²) in [4.78, 5) is 56.3. The topological polar surface area (TPSA) is 148 Å². The zero-order chi connectivity index (χ0) is 31.1. The van der Waals surface area contributed by atoms with E-state index in [0.29, 0.717) is 25.1 Å². The summed E-state index contributed by atoms with van der Waals surface area (Å²) in [6.07, 6.45) is 2.81. The third-order valence-corrected chi connectivity index (χ3v) is 7.06. The van der Waals surface area contributed by atoms with E-state index in [-0.39, 0.29) is 19.3 Å². The molecule has 1 aromatic carbocycles. The fraction of sp³-hybridized carbons (Fsp3) is 0.500. The van der Waals surface area contributed by atoms with Crippen LogP contribution in [0.4, 0.5) is 4.39 Å². The number of aromatic nitrogens is 1. The van der Waals surface area contributed by atoms with E-state index in [9.17, 15) is 23.6 Å². The minimum Gasteiger partial charge on any atom is -0.447 e. The van der Waals surface area contributed by atoms with Gasteiger partial charge in [-0.3, -0.25) is 24.4 Å². The number of esters is 1. The molecular formula is C30H38FN5O7. The molecule has 43 heavy (non-hydrogen) atoms. The summed E-state index contributed by atoms with van der Waals surface area (Å²) in [5.41, 5.74) is 3.00. The van der Waals surface area contributed by atoms with Gasteiger partial charge in [0.05, 0.1) is 23.9 Å². The van der Waals surface area contributed by atoms with Gasteiger partial charge in [-0.1, -0.05) is 30.4 Å². The van der Waals surface area contributed by atoms with Gasteiger partial charge in [-0.05, 0) is 58.2 Å². The zero-order valence-electron chi connectivity index (χ0n) is 24.7. The Bertz CT molecular complexity index is 1380. The second-order valence-electron chi connectivity index (χ2n) is 11.1. The normalized spacial score (nSPS) is 25.6. The molecule has 3 N–H and O–H groups in total. The third-order valence-electron chi connectivity index (χ3n) is 7.06. The minimum atomic E-state index is -2.26. The second kappa shape index (κ2) is 14.0. The molecule has 3 heterocycles. The van der Waals surface area contributed by atoms with Gasteiger partial charge in [0.1, 0.15) is 25.5 Å². The van der Waals surface area contributed by atoms with Crippen LogP contribution in [-0.4, -0.2) is 84.1 Å². The lowest BCUT2D eigenvalue weighted by Crippen LogP contribution is -2.61. The SMILES string of the molecule is CC1NC(=O)C(C(C)(C)F)OC(=O)COCOCC=Cc2ccc3ccc(nc3c2)C(C)NC(=O)C2CCCN(N2)C1=O. The third kappa shape index (κ3) is 8.55. The number of hydrogen-bond donors (Lipinski definition) is 3. The molecule has 12 nitrogen and oxygen atoms in total. The molecule has 13 heteroatoms. The first-order valence-electron chi connectivity index (χ1n) is 14.2. The predicted octanol–water partition coefficient (Wildman–Crippen LogP) is 2.09. The Kier molecular flexibility index (Phi) is 10.4. The first kappa shape index (κ1) is 32.0. The number of carbonyl (C=O) groups excluding carboxylic acids is 4. The van der Waals surface area contributed by atoms with Gasteiger partial charge in [0, 0.05) is 11.9 Å². The summed E-state index contributed by atoms with van der Waals surface area (Å²) in [6, 6.07) is 7.39. The summed E-state index contributed by atoms with van der Waals surface area (Å²) in [5.74, 6) is -2.80. The molecule has 1 fully saturated rings. The molecule has 2 aliphatic heterocycles. The maximum Gasteiger partial charge on any atom is 0.333 e. The molecule has 5 bridgehead atoms. The number of halogens is 1. The molecule has 232 valence electrons. The molecule has 1 aromatic heterocycles. The van der Waals surface area contributed by atoms with Crippen LogP contribution in [0.2, 0.25) is 0 Å². The van der Waals surface area contributed by atoms with Gasteiger partial charge in [-0.15, -0.1) is 0 Å². The molecule has 0 aliphatic carbocycles. The van der Waals surface area contributed by atoms with Crippen LogP contribution in [0.15, 0.2) is 36.4 Å². The van der Waals surface area contributed by atoms with Gasteiger partial charge < -0.3 is 24.8 Å². The number of carbonyl (C=O) groups is 4. The van der Waals surface area contributed by atoms with Crippen molar-refractivity contribution in [2.45, 2.75) is 70.4 Å². The first-order valence-corrected chi connectivity index (χ1v) is 14.2. The number of nitrogens with one attached hydrogen (secondary N) is 3. The van der Waals surface area contributed by atoms with Gasteiger partial charge in [0.2, 0.25) is 12.0 Å². The van der Waals surface area contributed by atoms with Crippen LogP contribution >= 0.6 is 0 Å². The highest BCUT2D eigenvalue weighted by atomic mass is 19.1. The number of pyridine rings is 1. The predicted molar refractivity (Wildman–Crippen MR) is 155 cm³/mol. The van der Waals surface area contributed by atoms with Gasteiger partial charge in [-0.2, -0.15) is 0 Å². The zero-order valence-corrected chi connectivity index (χ0v) is 24.7. The number of fused-ring (bicyclic) bond motifs is 4. The summed E-state index contributed by atoms with van der Waals surface area (Å²) in [7, 11) is 0. The molecular weight excluding hydrogens is 561 g/mol. The minimum absolute atomic E-state index is 0.185. The molecule has 0 radical (unpaired) electrons. The fourth-order valence-corrected chi connectivity index (χ4v) is 4.76. The van der Waals surface area contributed by atoms with E-state index in [4.69, 9.17) is 19.2 Å². The standard InChI is InChI=1S/C30H38FN5O7/c1-18-22-12-11-21-10-9-20(15-24(21)34-22)7-6-14-41-17-42-16-25(37)43-26(30(3,4)31)28(39)33-19(2)29(40)36-13-5-8-23(35-36)27(38)32-18/h6-7,9-12,15,18-19,23,26,35H,5,8,13-14,16-17H2,1-4H3,(H,32,38)(H,33,39). The highest BCUT2D eigenvalue weighted by Crippen LogP contribution is 2.21. The van der Waals surface area contributed by atoms with E-state index >= 15 is 0 Å². The van der Waals surface area contributed by atoms with Crippen molar-refractivity contribution in [3.63, 3.8) is 0 Å². The fourth-order valence-electron chi connectivity index (χ4n) is 4.76. The van der Waals surface area contributed by atoms with E-state index in [1.165, 1.54) is 11.9 Å². The van der Waals surface area contributed by atoms with E-state index in [0.717, 1.165) is 30.3 Å². The van der Waals surface area contributed by atoms with Crippen molar-refractivity contribution >= 4 is 40.7 Å². The van der Waals surface area contributed by atoms with Crippen molar-refractivity contribution in [3.8, 4) is 0 Å². The largest absolute Gasteiger partial charge is 0.447 e. The van der Waals surface area contributed by atoms with Crippen molar-refractivity contribution < 1.29 is 37.8 Å². The van der Waals surface area contributed by atoms with Crippen LogP contribution in [0.5, 0.6) is 0 Å². The van der Waals surface area contributed by atoms with Crippen molar-refractivity contribution in [1.82, 2.24) is 26.1 Å². The van der Waals surface area contributed by atoms with Crippen LogP contribution in [-0.2, 0) is 33.4 Å². The number of nitrogens with zero attached hydrogens (tertiary/aromatic N) is 2. The highest BCUT2D eigenvalue weighted by Gasteiger charge is 2.40. The van der Waals surface area contributed by atoms with Crippen LogP contribution in [0.3, 0.4) is 0 Å². The number of hydrazine groups is 1. The molecule has 0 spiro atoms. The van der Waals surface area contributed by atoms with E-state index < -0.39 is 54.3 Å². The number of hydrogen-bond acceptors (Lipinski definition) is 9. The molecule has 4 rings (SSSR count). The van der Waals surface area contributed by atoms with Crippen LogP contribution in [0.25, 0.3) is 17.0 Å². The molecule has 1 saturated heterocycles. The monoisotopic (exact) mass is 599 g/mol. The molecule has 2 aliphatic rings.